The third kappa shape index (κ3) is 6.59. The number of unbranched alkanes of at least 4 members (excludes halogenated alkanes) is 1. The number of carbonyl (C=O) groups excluding carboxylic acids is 1. The first-order chi connectivity index (χ1) is 9.81. The molecule has 0 atom stereocenters. The molecule has 118 valence electrons. The summed E-state index contributed by atoms with van der Waals surface area (Å²) in [6, 6.07) is 6.97. The standard InChI is InChI=1S/C14H23N3O3S/c1-11(2)21(19,20)16-9-4-3-8-14(18)17-13-7-5-6-12(15)10-13/h5-7,10-11,16H,3-4,8-9,15H2,1-2H3,(H,17,18). The predicted molar refractivity (Wildman–Crippen MR) is 85.4 cm³/mol. The van der Waals surface area contributed by atoms with Gasteiger partial charge in [-0.3, -0.25) is 4.79 Å². The minimum atomic E-state index is -3.22. The number of anilines is 2. The summed E-state index contributed by atoms with van der Waals surface area (Å²) < 4.78 is 25.5. The highest BCUT2D eigenvalue weighted by atomic mass is 32.2. The summed E-state index contributed by atoms with van der Waals surface area (Å²) >= 11 is 0. The van der Waals surface area contributed by atoms with Crippen molar-refractivity contribution in [3.63, 3.8) is 0 Å². The highest BCUT2D eigenvalue weighted by molar-refractivity contribution is 7.90. The molecular weight excluding hydrogens is 290 g/mol. The fraction of sp³-hybridized carbons (Fsp3) is 0.500. The Morgan fingerprint density at radius 1 is 1.29 bits per heavy atom. The largest absolute Gasteiger partial charge is 0.399 e. The molecule has 0 aliphatic rings. The molecular formula is C14H23N3O3S. The fourth-order valence-corrected chi connectivity index (χ4v) is 2.39. The Morgan fingerprint density at radius 3 is 2.62 bits per heavy atom. The first-order valence-corrected chi connectivity index (χ1v) is 8.50. The third-order valence-electron chi connectivity index (χ3n) is 2.92. The number of amides is 1. The van der Waals surface area contributed by atoms with E-state index in [-0.39, 0.29) is 5.91 Å². The van der Waals surface area contributed by atoms with Gasteiger partial charge in [0.05, 0.1) is 5.25 Å². The zero-order valence-corrected chi connectivity index (χ0v) is 13.2. The maximum atomic E-state index is 11.7. The van der Waals surface area contributed by atoms with E-state index in [9.17, 15) is 13.2 Å². The number of nitrogens with two attached hydrogens (primary N) is 1. The van der Waals surface area contributed by atoms with Gasteiger partial charge in [0, 0.05) is 24.3 Å². The lowest BCUT2D eigenvalue weighted by molar-refractivity contribution is -0.116. The first kappa shape index (κ1) is 17.5. The molecule has 0 aliphatic heterocycles. The van der Waals surface area contributed by atoms with E-state index in [1.807, 2.05) is 0 Å². The lowest BCUT2D eigenvalue weighted by Gasteiger charge is -2.09. The molecule has 0 aliphatic carbocycles. The van der Waals surface area contributed by atoms with E-state index in [2.05, 4.69) is 10.0 Å². The van der Waals surface area contributed by atoms with Crippen LogP contribution in [0.2, 0.25) is 0 Å². The number of carbonyl (C=O) groups is 1. The Kier molecular flexibility index (Phi) is 6.64. The normalized spacial score (nSPS) is 11.6. The number of sulfonamides is 1. The summed E-state index contributed by atoms with van der Waals surface area (Å²) in [7, 11) is -3.22. The second kappa shape index (κ2) is 7.99. The fourth-order valence-electron chi connectivity index (χ4n) is 1.63. The smallest absolute Gasteiger partial charge is 0.224 e. The van der Waals surface area contributed by atoms with E-state index < -0.39 is 15.3 Å². The molecule has 0 saturated heterocycles. The lowest BCUT2D eigenvalue weighted by Crippen LogP contribution is -2.31. The second-order valence-corrected chi connectivity index (χ2v) is 7.44. The molecule has 1 aromatic carbocycles. The molecule has 21 heavy (non-hydrogen) atoms. The molecule has 0 aromatic heterocycles. The Balaban J connectivity index is 2.23. The zero-order valence-electron chi connectivity index (χ0n) is 12.4. The van der Waals surface area contributed by atoms with Crippen LogP contribution in [0.3, 0.4) is 0 Å². The van der Waals surface area contributed by atoms with Gasteiger partial charge in [-0.25, -0.2) is 13.1 Å². The number of nitrogen functional groups attached to an aromatic ring is 1. The van der Waals surface area contributed by atoms with Crippen molar-refractivity contribution in [1.82, 2.24) is 4.72 Å². The van der Waals surface area contributed by atoms with Gasteiger partial charge in [-0.05, 0) is 44.9 Å². The van der Waals surface area contributed by atoms with Crippen molar-refractivity contribution in [3.8, 4) is 0 Å². The molecule has 4 N–H and O–H groups in total. The van der Waals surface area contributed by atoms with Crippen LogP contribution in [0.25, 0.3) is 0 Å². The molecule has 6 nitrogen and oxygen atoms in total. The maximum absolute atomic E-state index is 11.7. The summed E-state index contributed by atoms with van der Waals surface area (Å²) in [5.41, 5.74) is 6.88. The van der Waals surface area contributed by atoms with Crippen LogP contribution in [-0.2, 0) is 14.8 Å². The van der Waals surface area contributed by atoms with E-state index in [0.717, 1.165) is 0 Å². The second-order valence-electron chi connectivity index (χ2n) is 5.12. The molecule has 0 fully saturated rings. The van der Waals surface area contributed by atoms with E-state index in [0.29, 0.717) is 37.2 Å². The molecule has 1 amide bonds. The first-order valence-electron chi connectivity index (χ1n) is 6.95. The SMILES string of the molecule is CC(C)S(=O)(=O)NCCCCC(=O)Nc1cccc(N)c1. The van der Waals surface area contributed by atoms with Crippen LogP contribution >= 0.6 is 0 Å². The van der Waals surface area contributed by atoms with Gasteiger partial charge in [0.2, 0.25) is 15.9 Å². The average Bonchev–Trinajstić information content (AvgIpc) is 2.38. The highest BCUT2D eigenvalue weighted by Crippen LogP contribution is 2.12. The summed E-state index contributed by atoms with van der Waals surface area (Å²) in [5.74, 6) is -0.104. The van der Waals surface area contributed by atoms with Crippen LogP contribution in [0.15, 0.2) is 24.3 Å². The van der Waals surface area contributed by atoms with Gasteiger partial charge in [0.25, 0.3) is 0 Å². The van der Waals surface area contributed by atoms with Crippen LogP contribution < -0.4 is 15.8 Å². The Labute approximate surface area is 126 Å². The molecule has 7 heteroatoms. The molecule has 0 bridgehead atoms. The van der Waals surface area contributed by atoms with E-state index >= 15 is 0 Å². The van der Waals surface area contributed by atoms with Gasteiger partial charge >= 0.3 is 0 Å². The van der Waals surface area contributed by atoms with Crippen LogP contribution in [0.5, 0.6) is 0 Å². The molecule has 1 rings (SSSR count). The van der Waals surface area contributed by atoms with Crippen LogP contribution in [0, 0.1) is 0 Å². The lowest BCUT2D eigenvalue weighted by atomic mass is 10.2. The summed E-state index contributed by atoms with van der Waals surface area (Å²) in [4.78, 5) is 11.7. The van der Waals surface area contributed by atoms with Crippen LogP contribution in [0.4, 0.5) is 11.4 Å². The quantitative estimate of drug-likeness (QED) is 0.502. The van der Waals surface area contributed by atoms with Crippen molar-refractivity contribution >= 4 is 27.3 Å². The van der Waals surface area contributed by atoms with Crippen LogP contribution in [-0.4, -0.2) is 26.1 Å². The minimum absolute atomic E-state index is 0.104. The van der Waals surface area contributed by atoms with Crippen molar-refractivity contribution in [2.45, 2.75) is 38.4 Å². The van der Waals surface area contributed by atoms with E-state index in [4.69, 9.17) is 5.73 Å². The van der Waals surface area contributed by atoms with E-state index in [1.54, 1.807) is 38.1 Å². The average molecular weight is 313 g/mol. The number of rotatable bonds is 8. The van der Waals surface area contributed by atoms with Gasteiger partial charge in [-0.1, -0.05) is 6.07 Å². The molecule has 0 saturated carbocycles. The molecule has 0 spiro atoms. The maximum Gasteiger partial charge on any atom is 0.224 e. The van der Waals surface area contributed by atoms with Crippen molar-refractivity contribution in [2.24, 2.45) is 0 Å². The van der Waals surface area contributed by atoms with Gasteiger partial charge < -0.3 is 11.1 Å². The molecule has 1 aromatic rings. The highest BCUT2D eigenvalue weighted by Gasteiger charge is 2.14. The van der Waals surface area contributed by atoms with Gasteiger partial charge in [0.15, 0.2) is 0 Å². The number of benzene rings is 1. The molecule has 0 radical (unpaired) electrons. The number of hydrogen-bond acceptors (Lipinski definition) is 4. The Hall–Kier alpha value is -1.60. The number of nitrogens with one attached hydrogen (secondary N) is 2. The molecule has 0 heterocycles. The van der Waals surface area contributed by atoms with Crippen molar-refractivity contribution < 1.29 is 13.2 Å². The summed E-state index contributed by atoms with van der Waals surface area (Å²) in [5, 5.41) is 2.31. The van der Waals surface area contributed by atoms with Gasteiger partial charge in [-0.2, -0.15) is 0 Å². The van der Waals surface area contributed by atoms with Crippen LogP contribution in [0.1, 0.15) is 33.1 Å². The zero-order chi connectivity index (χ0) is 15.9. The summed E-state index contributed by atoms with van der Waals surface area (Å²) in [6.45, 7) is 3.61. The van der Waals surface area contributed by atoms with Crippen molar-refractivity contribution in [1.29, 1.82) is 0 Å². The Morgan fingerprint density at radius 2 is 2.00 bits per heavy atom. The van der Waals surface area contributed by atoms with Gasteiger partial charge in [0.1, 0.15) is 0 Å². The number of hydrogen-bond donors (Lipinski definition) is 3. The minimum Gasteiger partial charge on any atom is -0.399 e. The molecule has 0 unspecified atom stereocenters. The monoisotopic (exact) mass is 313 g/mol. The Bertz CT molecular complexity index is 571. The third-order valence-corrected chi connectivity index (χ3v) is 4.77. The van der Waals surface area contributed by atoms with Gasteiger partial charge in [-0.15, -0.1) is 0 Å². The summed E-state index contributed by atoms with van der Waals surface area (Å²) in [6.07, 6.45) is 1.59. The topological polar surface area (TPSA) is 101 Å². The van der Waals surface area contributed by atoms with Crippen molar-refractivity contribution in [3.05, 3.63) is 24.3 Å². The van der Waals surface area contributed by atoms with Crippen molar-refractivity contribution in [2.75, 3.05) is 17.6 Å². The van der Waals surface area contributed by atoms with E-state index in [1.165, 1.54) is 0 Å². The predicted octanol–water partition coefficient (Wildman–Crippen LogP) is 1.71.